The topological polar surface area (TPSA) is 17.8 Å². The van der Waals surface area contributed by atoms with Gasteiger partial charge in [0.15, 0.2) is 0 Å². The van der Waals surface area contributed by atoms with Gasteiger partial charge in [0.05, 0.1) is 11.9 Å². The van der Waals surface area contributed by atoms with Crippen LogP contribution in [0.5, 0.6) is 0 Å². The van der Waals surface area contributed by atoms with E-state index in [2.05, 4.69) is 60.0 Å². The molecule has 0 aliphatic rings. The average molecular weight is 279 g/mol. The van der Waals surface area contributed by atoms with Crippen LogP contribution in [0.4, 0.5) is 0 Å². The second kappa shape index (κ2) is 4.42. The van der Waals surface area contributed by atoms with Gasteiger partial charge < -0.3 is 0 Å². The van der Waals surface area contributed by atoms with Crippen molar-refractivity contribution in [2.45, 2.75) is 26.1 Å². The molecule has 0 atom stereocenters. The molecule has 1 aromatic carbocycles. The third-order valence-corrected chi connectivity index (χ3v) is 3.45. The molecule has 0 aliphatic carbocycles. The van der Waals surface area contributed by atoms with Gasteiger partial charge in [0, 0.05) is 16.6 Å². The standard InChI is InChI=1S/C13H15BrN2/c1-9-4-5-10(2)13(6-9)16-11(3)12(7-14)8-15-16/h4-6,8H,7H2,1-3H3. The Morgan fingerprint density at radius 1 is 1.25 bits per heavy atom. The molecule has 0 aliphatic heterocycles. The quantitative estimate of drug-likeness (QED) is 0.766. The summed E-state index contributed by atoms with van der Waals surface area (Å²) in [6, 6.07) is 6.44. The first-order chi connectivity index (χ1) is 7.63. The van der Waals surface area contributed by atoms with E-state index in [0.29, 0.717) is 0 Å². The second-order valence-electron chi connectivity index (χ2n) is 4.09. The number of benzene rings is 1. The first-order valence-electron chi connectivity index (χ1n) is 5.30. The maximum absolute atomic E-state index is 4.45. The number of halogens is 1. The van der Waals surface area contributed by atoms with Gasteiger partial charge in [-0.15, -0.1) is 0 Å². The van der Waals surface area contributed by atoms with Crippen LogP contribution in [0.15, 0.2) is 24.4 Å². The number of aromatic nitrogens is 2. The average Bonchev–Trinajstić information content (AvgIpc) is 2.63. The largest absolute Gasteiger partial charge is 0.238 e. The van der Waals surface area contributed by atoms with Gasteiger partial charge in [0.2, 0.25) is 0 Å². The van der Waals surface area contributed by atoms with E-state index in [1.54, 1.807) is 0 Å². The van der Waals surface area contributed by atoms with Crippen LogP contribution < -0.4 is 0 Å². The SMILES string of the molecule is Cc1ccc(C)c(-n2ncc(CBr)c2C)c1. The van der Waals surface area contributed by atoms with Crippen LogP contribution in [0, 0.1) is 20.8 Å². The first-order valence-corrected chi connectivity index (χ1v) is 6.42. The van der Waals surface area contributed by atoms with Crippen LogP contribution in [-0.2, 0) is 5.33 Å². The molecule has 0 saturated carbocycles. The Hall–Kier alpha value is -1.09. The summed E-state index contributed by atoms with van der Waals surface area (Å²) in [6.45, 7) is 6.32. The molecule has 84 valence electrons. The van der Waals surface area contributed by atoms with Crippen molar-refractivity contribution in [2.24, 2.45) is 0 Å². The highest BCUT2D eigenvalue weighted by Gasteiger charge is 2.08. The summed E-state index contributed by atoms with van der Waals surface area (Å²) < 4.78 is 2.01. The number of alkyl halides is 1. The highest BCUT2D eigenvalue weighted by atomic mass is 79.9. The summed E-state index contributed by atoms with van der Waals surface area (Å²) in [6.07, 6.45) is 1.92. The third kappa shape index (κ3) is 1.92. The Morgan fingerprint density at radius 3 is 2.62 bits per heavy atom. The van der Waals surface area contributed by atoms with Crippen LogP contribution in [0.3, 0.4) is 0 Å². The molecule has 0 bridgehead atoms. The number of rotatable bonds is 2. The second-order valence-corrected chi connectivity index (χ2v) is 4.65. The Bertz CT molecular complexity index is 515. The zero-order chi connectivity index (χ0) is 11.7. The van der Waals surface area contributed by atoms with Gasteiger partial charge in [-0.05, 0) is 38.0 Å². The predicted molar refractivity (Wildman–Crippen MR) is 70.4 cm³/mol. The van der Waals surface area contributed by atoms with Crippen LogP contribution in [0.2, 0.25) is 0 Å². The van der Waals surface area contributed by atoms with Gasteiger partial charge in [-0.25, -0.2) is 4.68 Å². The molecule has 1 heterocycles. The highest BCUT2D eigenvalue weighted by molar-refractivity contribution is 9.08. The van der Waals surface area contributed by atoms with Crippen LogP contribution in [0.1, 0.15) is 22.4 Å². The van der Waals surface area contributed by atoms with Crippen molar-refractivity contribution >= 4 is 15.9 Å². The van der Waals surface area contributed by atoms with E-state index in [1.165, 1.54) is 28.1 Å². The summed E-state index contributed by atoms with van der Waals surface area (Å²) in [5.41, 5.74) is 6.12. The fourth-order valence-corrected chi connectivity index (χ4v) is 2.32. The number of hydrogen-bond acceptors (Lipinski definition) is 1. The molecule has 0 radical (unpaired) electrons. The molecule has 0 N–H and O–H groups in total. The molecule has 1 aromatic heterocycles. The number of aryl methyl sites for hydroxylation is 2. The molecule has 0 spiro atoms. The summed E-state index contributed by atoms with van der Waals surface area (Å²) >= 11 is 3.47. The molecule has 2 aromatic rings. The summed E-state index contributed by atoms with van der Waals surface area (Å²) in [5, 5.41) is 5.30. The van der Waals surface area contributed by atoms with Crippen molar-refractivity contribution in [3.63, 3.8) is 0 Å². The van der Waals surface area contributed by atoms with Crippen molar-refractivity contribution in [3.8, 4) is 5.69 Å². The van der Waals surface area contributed by atoms with Gasteiger partial charge in [-0.3, -0.25) is 0 Å². The van der Waals surface area contributed by atoms with Crippen molar-refractivity contribution in [1.29, 1.82) is 0 Å². The van der Waals surface area contributed by atoms with Crippen LogP contribution in [-0.4, -0.2) is 9.78 Å². The molecular weight excluding hydrogens is 264 g/mol. The minimum atomic E-state index is 0.851. The predicted octanol–water partition coefficient (Wildman–Crippen LogP) is 3.69. The van der Waals surface area contributed by atoms with Crippen molar-refractivity contribution in [1.82, 2.24) is 9.78 Å². The van der Waals surface area contributed by atoms with E-state index in [4.69, 9.17) is 0 Å². The molecule has 0 saturated heterocycles. The number of nitrogens with zero attached hydrogens (tertiary/aromatic N) is 2. The zero-order valence-electron chi connectivity index (χ0n) is 9.79. The van der Waals surface area contributed by atoms with Gasteiger partial charge in [-0.2, -0.15) is 5.10 Å². The van der Waals surface area contributed by atoms with E-state index < -0.39 is 0 Å². The molecule has 0 amide bonds. The Balaban J connectivity index is 2.58. The Labute approximate surface area is 104 Å². The van der Waals surface area contributed by atoms with Gasteiger partial charge in [0.1, 0.15) is 0 Å². The monoisotopic (exact) mass is 278 g/mol. The maximum atomic E-state index is 4.45. The molecule has 2 rings (SSSR count). The normalized spacial score (nSPS) is 10.8. The smallest absolute Gasteiger partial charge is 0.0680 e. The molecule has 2 nitrogen and oxygen atoms in total. The Morgan fingerprint density at radius 2 is 2.00 bits per heavy atom. The van der Waals surface area contributed by atoms with Crippen molar-refractivity contribution in [3.05, 3.63) is 46.8 Å². The first kappa shape index (κ1) is 11.4. The van der Waals surface area contributed by atoms with Crippen LogP contribution in [0.25, 0.3) is 5.69 Å². The third-order valence-electron chi connectivity index (χ3n) is 2.85. The van der Waals surface area contributed by atoms with E-state index >= 15 is 0 Å². The highest BCUT2D eigenvalue weighted by Crippen LogP contribution is 2.20. The lowest BCUT2D eigenvalue weighted by atomic mass is 10.1. The summed E-state index contributed by atoms with van der Waals surface area (Å²) in [7, 11) is 0. The lowest BCUT2D eigenvalue weighted by molar-refractivity contribution is 0.837. The lowest BCUT2D eigenvalue weighted by Crippen LogP contribution is -2.02. The fraction of sp³-hybridized carbons (Fsp3) is 0.308. The molecule has 16 heavy (non-hydrogen) atoms. The van der Waals surface area contributed by atoms with Crippen LogP contribution >= 0.6 is 15.9 Å². The molecule has 0 fully saturated rings. The van der Waals surface area contributed by atoms with Gasteiger partial charge in [0.25, 0.3) is 0 Å². The van der Waals surface area contributed by atoms with E-state index in [1.807, 2.05) is 10.9 Å². The van der Waals surface area contributed by atoms with Crippen molar-refractivity contribution in [2.75, 3.05) is 0 Å². The molecule has 3 heteroatoms. The number of hydrogen-bond donors (Lipinski definition) is 0. The van der Waals surface area contributed by atoms with Gasteiger partial charge >= 0.3 is 0 Å². The minimum Gasteiger partial charge on any atom is -0.238 e. The lowest BCUT2D eigenvalue weighted by Gasteiger charge is -2.09. The zero-order valence-corrected chi connectivity index (χ0v) is 11.4. The Kier molecular flexibility index (Phi) is 3.15. The maximum Gasteiger partial charge on any atom is 0.0680 e. The summed E-state index contributed by atoms with van der Waals surface area (Å²) in [5.74, 6) is 0. The fourth-order valence-electron chi connectivity index (χ4n) is 1.77. The molecular formula is C13H15BrN2. The van der Waals surface area contributed by atoms with E-state index in [0.717, 1.165) is 5.33 Å². The van der Waals surface area contributed by atoms with Crippen molar-refractivity contribution < 1.29 is 0 Å². The van der Waals surface area contributed by atoms with E-state index in [-0.39, 0.29) is 0 Å². The van der Waals surface area contributed by atoms with Gasteiger partial charge in [-0.1, -0.05) is 28.1 Å². The molecule has 0 unspecified atom stereocenters. The van der Waals surface area contributed by atoms with E-state index in [9.17, 15) is 0 Å². The summed E-state index contributed by atoms with van der Waals surface area (Å²) in [4.78, 5) is 0. The minimum absolute atomic E-state index is 0.851.